The van der Waals surface area contributed by atoms with Crippen molar-refractivity contribution in [3.63, 3.8) is 0 Å². The molecule has 2 rings (SSSR count). The number of hydrogen-bond donors (Lipinski definition) is 2. The number of hydrazine groups is 1. The molecule has 0 radical (unpaired) electrons. The Bertz CT molecular complexity index is 574. The molecule has 0 aliphatic rings. The summed E-state index contributed by atoms with van der Waals surface area (Å²) in [5, 5.41) is 1.83. The molecular weight excluding hydrogens is 269 g/mol. The van der Waals surface area contributed by atoms with Crippen LogP contribution >= 0.6 is 11.3 Å². The van der Waals surface area contributed by atoms with E-state index in [4.69, 9.17) is 5.84 Å². The molecular formula is C11H12FN5OS. The van der Waals surface area contributed by atoms with E-state index in [0.29, 0.717) is 6.54 Å². The van der Waals surface area contributed by atoms with E-state index in [9.17, 15) is 9.18 Å². The normalized spacial score (nSPS) is 10.3. The largest absolute Gasteiger partial charge is 0.336 e. The second-order valence-electron chi connectivity index (χ2n) is 3.81. The van der Waals surface area contributed by atoms with Gasteiger partial charge in [-0.15, -0.1) is 11.3 Å². The minimum absolute atomic E-state index is 0.0827. The first-order chi connectivity index (χ1) is 9.13. The second kappa shape index (κ2) is 5.72. The number of halogens is 1. The van der Waals surface area contributed by atoms with Crippen LogP contribution < -0.4 is 11.3 Å². The van der Waals surface area contributed by atoms with E-state index in [1.165, 1.54) is 28.5 Å². The van der Waals surface area contributed by atoms with Crippen molar-refractivity contribution < 1.29 is 9.18 Å². The molecule has 100 valence electrons. The summed E-state index contributed by atoms with van der Waals surface area (Å²) in [6.45, 7) is 0.315. The number of nitrogens with zero attached hydrogens (tertiary/aromatic N) is 3. The predicted molar refractivity (Wildman–Crippen MR) is 69.9 cm³/mol. The minimum Gasteiger partial charge on any atom is -0.336 e. The maximum absolute atomic E-state index is 13.9. The van der Waals surface area contributed by atoms with Crippen molar-refractivity contribution in [2.45, 2.75) is 6.54 Å². The van der Waals surface area contributed by atoms with Crippen LogP contribution in [0.25, 0.3) is 0 Å². The molecule has 0 fully saturated rings. The number of pyridine rings is 1. The number of aromatic nitrogens is 2. The van der Waals surface area contributed by atoms with E-state index < -0.39 is 11.7 Å². The van der Waals surface area contributed by atoms with Gasteiger partial charge in [0.1, 0.15) is 0 Å². The van der Waals surface area contributed by atoms with Crippen LogP contribution in [0.5, 0.6) is 0 Å². The van der Waals surface area contributed by atoms with Gasteiger partial charge in [0.25, 0.3) is 5.91 Å². The van der Waals surface area contributed by atoms with Gasteiger partial charge in [0.15, 0.2) is 11.6 Å². The summed E-state index contributed by atoms with van der Waals surface area (Å²) in [6, 6.07) is 1.32. The van der Waals surface area contributed by atoms with Crippen molar-refractivity contribution in [1.82, 2.24) is 14.9 Å². The van der Waals surface area contributed by atoms with Crippen LogP contribution in [0.4, 0.5) is 10.2 Å². The van der Waals surface area contributed by atoms with Gasteiger partial charge in [-0.25, -0.2) is 20.2 Å². The highest BCUT2D eigenvalue weighted by molar-refractivity contribution is 7.07. The number of carbonyl (C=O) groups excluding carboxylic acids is 1. The van der Waals surface area contributed by atoms with Crippen LogP contribution in [-0.4, -0.2) is 27.8 Å². The highest BCUT2D eigenvalue weighted by Gasteiger charge is 2.19. The van der Waals surface area contributed by atoms with Crippen LogP contribution in [0, 0.1) is 5.82 Å². The zero-order valence-electron chi connectivity index (χ0n) is 10.1. The van der Waals surface area contributed by atoms with E-state index >= 15 is 0 Å². The van der Waals surface area contributed by atoms with Crippen LogP contribution in [0.1, 0.15) is 16.1 Å². The lowest BCUT2D eigenvalue weighted by molar-refractivity contribution is 0.0779. The lowest BCUT2D eigenvalue weighted by Crippen LogP contribution is -2.27. The van der Waals surface area contributed by atoms with Crippen LogP contribution in [-0.2, 0) is 6.54 Å². The summed E-state index contributed by atoms with van der Waals surface area (Å²) in [6.07, 6.45) is 1.32. The number of thiazole rings is 1. The molecule has 0 saturated carbocycles. The van der Waals surface area contributed by atoms with Gasteiger partial charge in [0.2, 0.25) is 0 Å². The first-order valence-corrected chi connectivity index (χ1v) is 6.31. The van der Waals surface area contributed by atoms with E-state index in [1.54, 1.807) is 12.6 Å². The van der Waals surface area contributed by atoms with Crippen LogP contribution in [0.3, 0.4) is 0 Å². The molecule has 0 spiro atoms. The Kier molecular flexibility index (Phi) is 4.03. The monoisotopic (exact) mass is 281 g/mol. The summed E-state index contributed by atoms with van der Waals surface area (Å²) < 4.78 is 13.9. The van der Waals surface area contributed by atoms with Crippen LogP contribution in [0.15, 0.2) is 23.2 Å². The fourth-order valence-electron chi connectivity index (χ4n) is 1.55. The van der Waals surface area contributed by atoms with Gasteiger partial charge in [-0.2, -0.15) is 0 Å². The third-order valence-electron chi connectivity index (χ3n) is 2.49. The van der Waals surface area contributed by atoms with Gasteiger partial charge in [0.05, 0.1) is 23.3 Å². The molecule has 0 aliphatic carbocycles. The number of hydrogen-bond acceptors (Lipinski definition) is 6. The van der Waals surface area contributed by atoms with Crippen LogP contribution in [0.2, 0.25) is 0 Å². The van der Waals surface area contributed by atoms with Gasteiger partial charge in [-0.05, 0) is 6.07 Å². The van der Waals surface area contributed by atoms with E-state index in [1.807, 2.05) is 5.38 Å². The Morgan fingerprint density at radius 1 is 1.58 bits per heavy atom. The molecule has 0 aliphatic heterocycles. The molecule has 2 heterocycles. The number of rotatable bonds is 4. The number of nitrogens with one attached hydrogen (secondary N) is 1. The Labute approximate surface area is 113 Å². The average Bonchev–Trinajstić information content (AvgIpc) is 2.91. The molecule has 0 bridgehead atoms. The fraction of sp³-hybridized carbons (Fsp3) is 0.182. The maximum Gasteiger partial charge on any atom is 0.257 e. The molecule has 3 N–H and O–H groups in total. The summed E-state index contributed by atoms with van der Waals surface area (Å²) in [7, 11) is 1.58. The zero-order valence-corrected chi connectivity index (χ0v) is 10.9. The summed E-state index contributed by atoms with van der Waals surface area (Å²) in [5.74, 6) is 3.74. The summed E-state index contributed by atoms with van der Waals surface area (Å²) in [4.78, 5) is 21.3. The van der Waals surface area contributed by atoms with Gasteiger partial charge in [-0.3, -0.25) is 4.79 Å². The van der Waals surface area contributed by atoms with Gasteiger partial charge < -0.3 is 10.3 Å². The smallest absolute Gasteiger partial charge is 0.257 e. The van der Waals surface area contributed by atoms with Crippen molar-refractivity contribution in [2.75, 3.05) is 12.5 Å². The highest BCUT2D eigenvalue weighted by Crippen LogP contribution is 2.16. The molecule has 6 nitrogen and oxygen atoms in total. The number of nitrogen functional groups attached to an aromatic ring is 1. The Balaban J connectivity index is 2.19. The summed E-state index contributed by atoms with van der Waals surface area (Å²) in [5.41, 5.74) is 4.46. The SMILES string of the molecule is CN(Cc1cscn1)C(=O)c1ccnc(NN)c1F. The first-order valence-electron chi connectivity index (χ1n) is 5.37. The molecule has 19 heavy (non-hydrogen) atoms. The topological polar surface area (TPSA) is 84.1 Å². The molecule has 1 amide bonds. The Morgan fingerprint density at radius 3 is 3.00 bits per heavy atom. The van der Waals surface area contributed by atoms with Crippen molar-refractivity contribution in [2.24, 2.45) is 5.84 Å². The van der Waals surface area contributed by atoms with Gasteiger partial charge in [0, 0.05) is 18.6 Å². The van der Waals surface area contributed by atoms with Gasteiger partial charge in [-0.1, -0.05) is 0 Å². The van der Waals surface area contributed by atoms with E-state index in [0.717, 1.165) is 5.69 Å². The van der Waals surface area contributed by atoms with Crippen molar-refractivity contribution in [3.8, 4) is 0 Å². The third-order valence-corrected chi connectivity index (χ3v) is 3.12. The number of amides is 1. The van der Waals surface area contributed by atoms with E-state index in [2.05, 4.69) is 15.4 Å². The molecule has 8 heteroatoms. The lowest BCUT2D eigenvalue weighted by atomic mass is 10.2. The second-order valence-corrected chi connectivity index (χ2v) is 4.53. The summed E-state index contributed by atoms with van der Waals surface area (Å²) >= 11 is 1.44. The number of nitrogens with two attached hydrogens (primary N) is 1. The maximum atomic E-state index is 13.9. The third kappa shape index (κ3) is 2.85. The zero-order chi connectivity index (χ0) is 13.8. The highest BCUT2D eigenvalue weighted by atomic mass is 32.1. The van der Waals surface area contributed by atoms with Crippen molar-refractivity contribution in [3.05, 3.63) is 40.2 Å². The quantitative estimate of drug-likeness (QED) is 0.650. The molecule has 2 aromatic rings. The van der Waals surface area contributed by atoms with Gasteiger partial charge >= 0.3 is 0 Å². The lowest BCUT2D eigenvalue weighted by Gasteiger charge is -2.16. The first kappa shape index (κ1) is 13.4. The van der Waals surface area contributed by atoms with E-state index in [-0.39, 0.29) is 11.4 Å². The minimum atomic E-state index is -0.764. The Morgan fingerprint density at radius 2 is 2.37 bits per heavy atom. The van der Waals surface area contributed by atoms with Crippen molar-refractivity contribution in [1.29, 1.82) is 0 Å². The average molecular weight is 281 g/mol. The molecule has 0 atom stereocenters. The number of carbonyl (C=O) groups is 1. The molecule has 0 saturated heterocycles. The molecule has 0 aromatic carbocycles. The standard InChI is InChI=1S/C11H12FN5OS/c1-17(4-7-5-19-6-15-7)11(18)8-2-3-14-10(16-13)9(8)12/h2-3,5-6H,4,13H2,1H3,(H,14,16). The number of anilines is 1. The fourth-order valence-corrected chi connectivity index (χ4v) is 2.10. The predicted octanol–water partition coefficient (Wildman–Crippen LogP) is 1.23. The molecule has 2 aromatic heterocycles. The Hall–Kier alpha value is -2.06. The van der Waals surface area contributed by atoms with Crippen molar-refractivity contribution >= 4 is 23.1 Å². The molecule has 0 unspecified atom stereocenters.